The minimum absolute atomic E-state index is 0.477. The molecule has 0 bridgehead atoms. The highest BCUT2D eigenvalue weighted by Crippen LogP contribution is 2.48. The van der Waals surface area contributed by atoms with Gasteiger partial charge in [-0.15, -0.1) is 0 Å². The minimum atomic E-state index is -2.62. The Morgan fingerprint density at radius 3 is 0.909 bits per heavy atom. The second-order valence-corrected chi connectivity index (χ2v) is 54.5. The maximum absolute atomic E-state index is 5.99. The Labute approximate surface area is 143 Å². The topological polar surface area (TPSA) is 27.7 Å². The first-order valence-corrected chi connectivity index (χ1v) is 25.6. The molecule has 0 saturated carbocycles. The first-order chi connectivity index (χ1) is 9.59. The molecule has 0 N–H and O–H groups in total. The van der Waals surface area contributed by atoms with Crippen LogP contribution in [0.4, 0.5) is 0 Å². The van der Waals surface area contributed by atoms with E-state index in [1.165, 1.54) is 0 Å². The minimum Gasteiger partial charge on any atom is -0.377 e. The molecular weight excluding hydrogens is 357 g/mol. The van der Waals surface area contributed by atoms with Crippen LogP contribution in [0.5, 0.6) is 0 Å². The van der Waals surface area contributed by atoms with Gasteiger partial charge in [-0.25, -0.2) is 0 Å². The third-order valence-electron chi connectivity index (χ3n) is 5.58. The van der Waals surface area contributed by atoms with Crippen LogP contribution in [-0.2, 0) is 13.3 Å². The highest BCUT2D eigenvalue weighted by molar-refractivity contribution is 7.90. The predicted molar refractivity (Wildman–Crippen MR) is 112 cm³/mol. The van der Waals surface area contributed by atoms with Crippen LogP contribution in [0.3, 0.4) is 0 Å². The zero-order chi connectivity index (χ0) is 18.2. The highest BCUT2D eigenvalue weighted by atomic mass is 29.9. The molecule has 0 aromatic carbocycles. The van der Waals surface area contributed by atoms with Crippen molar-refractivity contribution in [1.82, 2.24) is 0 Å². The summed E-state index contributed by atoms with van der Waals surface area (Å²) in [5, 5.41) is 0.477. The van der Waals surface area contributed by atoms with E-state index in [1.54, 1.807) is 21.3 Å². The van der Waals surface area contributed by atoms with Crippen LogP contribution in [0.25, 0.3) is 0 Å². The van der Waals surface area contributed by atoms with Crippen LogP contribution in [0.15, 0.2) is 0 Å². The Morgan fingerprint density at radius 1 is 0.545 bits per heavy atom. The molecule has 0 aliphatic rings. The van der Waals surface area contributed by atoms with Gasteiger partial charge in [-0.1, -0.05) is 65.8 Å². The molecule has 8 heteroatoms. The van der Waals surface area contributed by atoms with Gasteiger partial charge in [0.25, 0.3) is 0 Å². The first kappa shape index (κ1) is 23.0. The summed E-state index contributed by atoms with van der Waals surface area (Å²) < 4.78 is 18.0. The molecule has 3 nitrogen and oxygen atoms in total. The van der Waals surface area contributed by atoms with Gasteiger partial charge >= 0.3 is 8.80 Å². The monoisotopic (exact) mass is 396 g/mol. The number of rotatable bonds is 8. The van der Waals surface area contributed by atoms with Gasteiger partial charge in [0.15, 0.2) is 0 Å². The lowest BCUT2D eigenvalue weighted by Crippen LogP contribution is -2.87. The molecular formula is C14H40O3Si5. The zero-order valence-corrected chi connectivity index (χ0v) is 22.3. The van der Waals surface area contributed by atoms with E-state index in [4.69, 9.17) is 13.3 Å². The highest BCUT2D eigenvalue weighted by Gasteiger charge is 2.70. The van der Waals surface area contributed by atoms with E-state index in [2.05, 4.69) is 65.8 Å². The van der Waals surface area contributed by atoms with Crippen molar-refractivity contribution >= 4 is 38.2 Å². The molecule has 22 heavy (non-hydrogen) atoms. The summed E-state index contributed by atoms with van der Waals surface area (Å²) in [6.07, 6.45) is 0. The lowest BCUT2D eigenvalue weighted by atomic mass is 10.9. The lowest BCUT2D eigenvalue weighted by Gasteiger charge is -2.62. The van der Waals surface area contributed by atoms with Crippen molar-refractivity contribution in [3.63, 3.8) is 0 Å². The molecule has 0 aromatic heterocycles. The molecule has 0 radical (unpaired) electrons. The van der Waals surface area contributed by atoms with Gasteiger partial charge in [0.2, 0.25) is 0 Å². The van der Waals surface area contributed by atoms with Crippen LogP contribution in [0.2, 0.25) is 64.1 Å². The Bertz CT molecular complexity index is 320. The van der Waals surface area contributed by atoms with Crippen molar-refractivity contribution in [3.8, 4) is 0 Å². The molecule has 0 amide bonds. The van der Waals surface area contributed by atoms with Gasteiger partial charge in [-0.3, -0.25) is 0 Å². The van der Waals surface area contributed by atoms with Gasteiger partial charge < -0.3 is 13.3 Å². The molecule has 0 spiro atoms. The van der Waals surface area contributed by atoms with E-state index < -0.39 is 38.2 Å². The molecule has 1 unspecified atom stereocenters. The van der Waals surface area contributed by atoms with Gasteiger partial charge in [-0.2, -0.15) is 0 Å². The average molecular weight is 397 g/mol. The lowest BCUT2D eigenvalue weighted by molar-refractivity contribution is 0.121. The summed E-state index contributed by atoms with van der Waals surface area (Å²) in [7, 11) is -1.38. The summed E-state index contributed by atoms with van der Waals surface area (Å²) in [5.74, 6) is 0. The van der Waals surface area contributed by atoms with Crippen LogP contribution in [0.1, 0.15) is 6.92 Å². The largest absolute Gasteiger partial charge is 0.499 e. The molecule has 0 aliphatic carbocycles. The standard InChI is InChI=1S/C14H40O3Si5/c1-14(21(15-2,16-3)17-4)22(18(5,6)7,19(8,9)10)20(11,12)13/h14H,1-13H3. The van der Waals surface area contributed by atoms with Gasteiger partial charge in [-0.05, 0) is 0 Å². The molecule has 0 saturated heterocycles. The average Bonchev–Trinajstić information content (AvgIpc) is 2.26. The van der Waals surface area contributed by atoms with Gasteiger partial charge in [0.1, 0.15) is 0 Å². The van der Waals surface area contributed by atoms with Crippen molar-refractivity contribution in [3.05, 3.63) is 0 Å². The second-order valence-electron chi connectivity index (χ2n) is 9.50. The van der Waals surface area contributed by atoms with Crippen LogP contribution >= 0.6 is 0 Å². The van der Waals surface area contributed by atoms with Gasteiger partial charge in [0, 0.05) is 55.9 Å². The van der Waals surface area contributed by atoms with E-state index in [0.29, 0.717) is 5.16 Å². The van der Waals surface area contributed by atoms with E-state index in [-0.39, 0.29) is 0 Å². The third kappa shape index (κ3) is 3.49. The summed E-state index contributed by atoms with van der Waals surface area (Å²) in [4.78, 5) is 0. The van der Waals surface area contributed by atoms with E-state index >= 15 is 0 Å². The summed E-state index contributed by atoms with van der Waals surface area (Å²) >= 11 is 0. The SMILES string of the molecule is CO[Si](OC)(OC)C(C)[Si]([Si](C)(C)C)([Si](C)(C)C)[Si](C)(C)C. The van der Waals surface area contributed by atoms with E-state index in [9.17, 15) is 0 Å². The molecule has 0 fully saturated rings. The third-order valence-corrected chi connectivity index (χ3v) is 87.4. The number of hydrogen-bond acceptors (Lipinski definition) is 3. The Kier molecular flexibility index (Phi) is 7.37. The van der Waals surface area contributed by atoms with Gasteiger partial charge in [0.05, 0.1) is 0 Å². The summed E-state index contributed by atoms with van der Waals surface area (Å²) in [6, 6.07) is 0. The van der Waals surface area contributed by atoms with Crippen LogP contribution in [-0.4, -0.2) is 59.5 Å². The van der Waals surface area contributed by atoms with E-state index in [1.807, 2.05) is 0 Å². The molecule has 1 atom stereocenters. The fourth-order valence-electron chi connectivity index (χ4n) is 6.37. The smallest absolute Gasteiger partial charge is 0.377 e. The first-order valence-electron chi connectivity index (χ1n) is 8.24. The van der Waals surface area contributed by atoms with Crippen molar-refractivity contribution in [1.29, 1.82) is 0 Å². The maximum atomic E-state index is 5.99. The van der Waals surface area contributed by atoms with Crippen molar-refractivity contribution < 1.29 is 13.3 Å². The Morgan fingerprint density at radius 2 is 0.773 bits per heavy atom. The second kappa shape index (κ2) is 7.07. The fourth-order valence-corrected chi connectivity index (χ4v) is 131. The molecule has 0 heterocycles. The molecule has 0 rings (SSSR count). The quantitative estimate of drug-likeness (QED) is 0.566. The van der Waals surface area contributed by atoms with Crippen molar-refractivity contribution in [2.45, 2.75) is 71.0 Å². The fraction of sp³-hybridized carbons (Fsp3) is 1.00. The molecule has 0 aliphatic heterocycles. The van der Waals surface area contributed by atoms with Crippen molar-refractivity contribution in [2.75, 3.05) is 21.3 Å². The van der Waals surface area contributed by atoms with E-state index in [0.717, 1.165) is 0 Å². The molecule has 134 valence electrons. The number of hydrogen-bond donors (Lipinski definition) is 0. The van der Waals surface area contributed by atoms with Crippen molar-refractivity contribution in [2.24, 2.45) is 0 Å². The normalized spacial score (nSPS) is 16.8. The Balaban J connectivity index is 6.69. The summed E-state index contributed by atoms with van der Waals surface area (Å²) in [6.45, 7) is 24.3. The van der Waals surface area contributed by atoms with Crippen LogP contribution in [0, 0.1) is 0 Å². The maximum Gasteiger partial charge on any atom is 0.499 e. The molecule has 0 aromatic rings. The zero-order valence-electron chi connectivity index (χ0n) is 17.3. The summed E-state index contributed by atoms with van der Waals surface area (Å²) in [5.41, 5.74) is 0. The Hall–Kier alpha value is 0.964. The van der Waals surface area contributed by atoms with Crippen LogP contribution < -0.4 is 0 Å². The predicted octanol–water partition coefficient (Wildman–Crippen LogP) is 4.49.